The first kappa shape index (κ1) is 25.8. The fourth-order valence-electron chi connectivity index (χ4n) is 3.82. The van der Waals surface area contributed by atoms with Gasteiger partial charge in [0.25, 0.3) is 0 Å². The maximum Gasteiger partial charge on any atom is 0.416 e. The molecule has 0 aliphatic heterocycles. The molecule has 39 heavy (non-hydrogen) atoms. The van der Waals surface area contributed by atoms with Crippen molar-refractivity contribution in [2.24, 2.45) is 0 Å². The minimum Gasteiger partial charge on any atom is -0.382 e. The molecule has 4 heterocycles. The lowest BCUT2D eigenvalue weighted by molar-refractivity contribution is -0.138. The van der Waals surface area contributed by atoms with E-state index in [4.69, 9.17) is 10.3 Å². The van der Waals surface area contributed by atoms with Crippen LogP contribution < -0.4 is 11.1 Å². The lowest BCUT2D eigenvalue weighted by Gasteiger charge is -2.15. The average Bonchev–Trinajstić information content (AvgIpc) is 3.55. The van der Waals surface area contributed by atoms with Gasteiger partial charge in [-0.2, -0.15) is 18.2 Å². The van der Waals surface area contributed by atoms with Gasteiger partial charge in [0.1, 0.15) is 11.2 Å². The second kappa shape index (κ2) is 9.45. The van der Waals surface area contributed by atoms with Gasteiger partial charge >= 0.3 is 18.0 Å². The summed E-state index contributed by atoms with van der Waals surface area (Å²) in [4.78, 5) is 36.4. The Kier molecular flexibility index (Phi) is 6.24. The van der Waals surface area contributed by atoms with Gasteiger partial charge in [0.2, 0.25) is 0 Å². The molecule has 0 bridgehead atoms. The fourth-order valence-corrected chi connectivity index (χ4v) is 3.82. The third-order valence-electron chi connectivity index (χ3n) is 5.79. The van der Waals surface area contributed by atoms with Crippen LogP contribution in [0.5, 0.6) is 0 Å². The van der Waals surface area contributed by atoms with Gasteiger partial charge in [-0.25, -0.2) is 19.9 Å². The lowest BCUT2D eigenvalue weighted by Crippen LogP contribution is -2.25. The van der Waals surface area contributed by atoms with Crippen molar-refractivity contribution in [3.05, 3.63) is 65.7 Å². The quantitative estimate of drug-likeness (QED) is 0.297. The molecule has 1 amide bonds. The van der Waals surface area contributed by atoms with Gasteiger partial charge in [-0.05, 0) is 23.3 Å². The van der Waals surface area contributed by atoms with Gasteiger partial charge in [0.15, 0.2) is 23.1 Å². The predicted molar refractivity (Wildman–Crippen MR) is 134 cm³/mol. The Morgan fingerprint density at radius 1 is 1.05 bits per heavy atom. The standard InChI is InChI=1S/C25H22F3N9O2/c1-24(2,3)23-36-22(39-37-23)21(38)33-11-13-5-4-12(10-15(13)25(26,27)28)14-6-7-32-19-16(14)34-20(35-19)17-18(29)31-9-8-30-17/h4-10H,11H2,1-3H3,(H2,29,31)(H,33,38)(H,32,34,35). The van der Waals surface area contributed by atoms with Gasteiger partial charge < -0.3 is 20.6 Å². The van der Waals surface area contributed by atoms with Crippen LogP contribution in [0.25, 0.3) is 33.8 Å². The molecule has 1 aromatic carbocycles. The molecule has 0 saturated heterocycles. The third-order valence-corrected chi connectivity index (χ3v) is 5.79. The maximum atomic E-state index is 14.1. The van der Waals surface area contributed by atoms with E-state index in [-0.39, 0.29) is 28.7 Å². The van der Waals surface area contributed by atoms with E-state index >= 15 is 0 Å². The van der Waals surface area contributed by atoms with E-state index in [1.54, 1.807) is 6.07 Å². The number of hydrogen-bond acceptors (Lipinski definition) is 9. The highest BCUT2D eigenvalue weighted by atomic mass is 19.4. The Bertz CT molecular complexity index is 1690. The molecule has 0 unspecified atom stereocenters. The number of imidazole rings is 1. The molecule has 0 fully saturated rings. The second-order valence-electron chi connectivity index (χ2n) is 9.66. The largest absolute Gasteiger partial charge is 0.416 e. The van der Waals surface area contributed by atoms with E-state index < -0.39 is 29.6 Å². The molecule has 4 aromatic heterocycles. The summed E-state index contributed by atoms with van der Waals surface area (Å²) in [5.41, 5.74) is 5.99. The van der Waals surface area contributed by atoms with Crippen LogP contribution in [0.1, 0.15) is 48.4 Å². The topological polar surface area (TPSA) is 161 Å². The lowest BCUT2D eigenvalue weighted by atomic mass is 9.96. The molecule has 0 aliphatic carbocycles. The molecule has 0 spiro atoms. The van der Waals surface area contributed by atoms with Crippen molar-refractivity contribution in [2.75, 3.05) is 5.73 Å². The van der Waals surface area contributed by atoms with Crippen molar-refractivity contribution >= 4 is 22.9 Å². The van der Waals surface area contributed by atoms with Crippen LogP contribution in [0.2, 0.25) is 0 Å². The van der Waals surface area contributed by atoms with Crippen molar-refractivity contribution in [3.8, 4) is 22.6 Å². The van der Waals surface area contributed by atoms with Gasteiger partial charge in [-0.3, -0.25) is 4.79 Å². The summed E-state index contributed by atoms with van der Waals surface area (Å²) in [7, 11) is 0. The molecule has 11 nitrogen and oxygen atoms in total. The highest BCUT2D eigenvalue weighted by Gasteiger charge is 2.34. The minimum absolute atomic E-state index is 0.138. The normalized spacial score (nSPS) is 12.2. The first-order chi connectivity index (χ1) is 18.4. The predicted octanol–water partition coefficient (Wildman–Crippen LogP) is 4.29. The second-order valence-corrected chi connectivity index (χ2v) is 9.66. The molecule has 0 atom stereocenters. The van der Waals surface area contributed by atoms with Crippen LogP contribution in [-0.2, 0) is 18.1 Å². The number of anilines is 1. The average molecular weight is 538 g/mol. The zero-order valence-electron chi connectivity index (χ0n) is 21.0. The maximum absolute atomic E-state index is 14.1. The highest BCUT2D eigenvalue weighted by molar-refractivity contribution is 5.92. The van der Waals surface area contributed by atoms with Crippen LogP contribution in [0.3, 0.4) is 0 Å². The van der Waals surface area contributed by atoms with E-state index in [2.05, 4.69) is 40.4 Å². The number of aromatic nitrogens is 7. The number of nitrogens with zero attached hydrogens (tertiary/aromatic N) is 6. The summed E-state index contributed by atoms with van der Waals surface area (Å²) in [6.07, 6.45) is -0.366. The Morgan fingerprint density at radius 2 is 1.82 bits per heavy atom. The number of pyridine rings is 1. The van der Waals surface area contributed by atoms with E-state index in [0.29, 0.717) is 28.2 Å². The van der Waals surface area contributed by atoms with Crippen molar-refractivity contribution in [3.63, 3.8) is 0 Å². The van der Waals surface area contributed by atoms with Crippen molar-refractivity contribution in [1.82, 2.24) is 40.4 Å². The summed E-state index contributed by atoms with van der Waals surface area (Å²) in [6, 6.07) is 5.38. The van der Waals surface area contributed by atoms with E-state index in [9.17, 15) is 18.0 Å². The number of rotatable bonds is 5. The first-order valence-corrected chi connectivity index (χ1v) is 11.7. The summed E-state index contributed by atoms with van der Waals surface area (Å²) in [6.45, 7) is 5.10. The Balaban J connectivity index is 1.46. The van der Waals surface area contributed by atoms with Crippen LogP contribution >= 0.6 is 0 Å². The van der Waals surface area contributed by atoms with Crippen LogP contribution in [0.15, 0.2) is 47.4 Å². The molecule has 200 valence electrons. The molecule has 0 saturated carbocycles. The molecular weight excluding hydrogens is 515 g/mol. The molecule has 0 aliphatic rings. The summed E-state index contributed by atoms with van der Waals surface area (Å²) < 4.78 is 47.2. The zero-order chi connectivity index (χ0) is 27.9. The number of amides is 1. The number of hydrogen-bond donors (Lipinski definition) is 3. The van der Waals surface area contributed by atoms with E-state index in [1.165, 1.54) is 30.7 Å². The van der Waals surface area contributed by atoms with Crippen molar-refractivity contribution < 1.29 is 22.5 Å². The Morgan fingerprint density at radius 3 is 2.51 bits per heavy atom. The molecule has 5 aromatic rings. The van der Waals surface area contributed by atoms with Crippen LogP contribution in [-0.4, -0.2) is 41.0 Å². The molecule has 0 radical (unpaired) electrons. The smallest absolute Gasteiger partial charge is 0.382 e. The number of fused-ring (bicyclic) bond motifs is 1. The van der Waals surface area contributed by atoms with E-state index in [0.717, 1.165) is 6.07 Å². The number of H-pyrrole nitrogens is 1. The minimum atomic E-state index is -4.70. The first-order valence-electron chi connectivity index (χ1n) is 11.7. The SMILES string of the molecule is CC(C)(C)c1noc(C(=O)NCc2ccc(-c3ccnc4[nH]c(-c5nccnc5N)nc34)cc2C(F)(F)F)n1. The number of carbonyl (C=O) groups excluding carboxylic acids is 1. The number of nitrogens with two attached hydrogens (primary N) is 1. The number of halogens is 3. The van der Waals surface area contributed by atoms with Crippen LogP contribution in [0, 0.1) is 0 Å². The number of aromatic amines is 1. The Hall–Kier alpha value is -4.88. The van der Waals surface area contributed by atoms with Gasteiger partial charge in [-0.15, -0.1) is 0 Å². The third kappa shape index (κ3) is 5.12. The summed E-state index contributed by atoms with van der Waals surface area (Å²) in [5, 5.41) is 6.18. The van der Waals surface area contributed by atoms with E-state index in [1.807, 2.05) is 20.8 Å². The number of benzene rings is 1. The molecular formula is C25H22F3N9O2. The van der Waals surface area contributed by atoms with Crippen LogP contribution in [0.4, 0.5) is 19.0 Å². The van der Waals surface area contributed by atoms with Crippen molar-refractivity contribution in [1.29, 1.82) is 0 Å². The monoisotopic (exact) mass is 537 g/mol. The summed E-state index contributed by atoms with van der Waals surface area (Å²) >= 11 is 0. The fraction of sp³-hybridized carbons (Fsp3) is 0.240. The highest BCUT2D eigenvalue weighted by Crippen LogP contribution is 2.37. The van der Waals surface area contributed by atoms with Gasteiger partial charge in [0, 0.05) is 36.1 Å². The zero-order valence-corrected chi connectivity index (χ0v) is 21.0. The van der Waals surface area contributed by atoms with Crippen molar-refractivity contribution in [2.45, 2.75) is 38.9 Å². The molecule has 14 heteroatoms. The number of alkyl halides is 3. The number of carbonyl (C=O) groups is 1. The Labute approximate surface area is 219 Å². The van der Waals surface area contributed by atoms with Gasteiger partial charge in [0.05, 0.1) is 5.56 Å². The molecule has 5 rings (SSSR count). The summed E-state index contributed by atoms with van der Waals surface area (Å²) in [5.74, 6) is -0.387. The number of nitrogens with one attached hydrogen (secondary N) is 2. The number of nitrogen functional groups attached to an aromatic ring is 1. The molecule has 4 N–H and O–H groups in total. The van der Waals surface area contributed by atoms with Gasteiger partial charge in [-0.1, -0.05) is 38.1 Å².